The molecule has 80 heavy (non-hydrogen) atoms. The van der Waals surface area contributed by atoms with Crippen molar-refractivity contribution in [3.8, 4) is 0 Å². The maximum Gasteiger partial charge on any atom is 0.305 e. The Morgan fingerprint density at radius 3 is 0.887 bits per heavy atom. The molecule has 0 heterocycles. The highest BCUT2D eigenvalue weighted by Gasteiger charge is 2.18. The number of unbranched alkanes of at least 4 members (excludes halogenated alkanes) is 53. The molecule has 0 aromatic rings. The van der Waals surface area contributed by atoms with E-state index in [1.54, 1.807) is 6.08 Å². The third-order valence-corrected chi connectivity index (χ3v) is 16.9. The summed E-state index contributed by atoms with van der Waals surface area (Å²) in [5.74, 6) is -0.0541. The van der Waals surface area contributed by atoms with Crippen molar-refractivity contribution in [1.29, 1.82) is 0 Å². The van der Waals surface area contributed by atoms with Crippen LogP contribution in [0.1, 0.15) is 399 Å². The van der Waals surface area contributed by atoms with E-state index in [0.717, 1.165) is 44.9 Å². The Morgan fingerprint density at radius 2 is 0.588 bits per heavy atom. The summed E-state index contributed by atoms with van der Waals surface area (Å²) in [6.45, 7) is 4.93. The average Bonchev–Trinajstić information content (AvgIpc) is 3.46. The lowest BCUT2D eigenvalue weighted by molar-refractivity contribution is -0.143. The van der Waals surface area contributed by atoms with E-state index < -0.39 is 12.1 Å². The van der Waals surface area contributed by atoms with Gasteiger partial charge in [-0.1, -0.05) is 339 Å². The van der Waals surface area contributed by atoms with E-state index in [0.29, 0.717) is 19.4 Å². The van der Waals surface area contributed by atoms with E-state index in [9.17, 15) is 19.8 Å². The summed E-state index contributed by atoms with van der Waals surface area (Å²) in [6, 6.07) is -0.627. The van der Waals surface area contributed by atoms with Gasteiger partial charge in [0.2, 0.25) is 5.91 Å². The minimum Gasteiger partial charge on any atom is -0.466 e. The van der Waals surface area contributed by atoms with Gasteiger partial charge in [-0.15, -0.1) is 0 Å². The number of hydrogen-bond donors (Lipinski definition) is 3. The van der Waals surface area contributed by atoms with Crippen LogP contribution >= 0.6 is 0 Å². The van der Waals surface area contributed by atoms with Crippen LogP contribution in [-0.4, -0.2) is 47.4 Å². The van der Waals surface area contributed by atoms with Crippen molar-refractivity contribution in [1.82, 2.24) is 5.32 Å². The number of hydrogen-bond acceptors (Lipinski definition) is 5. The number of nitrogens with one attached hydrogen (secondary N) is 1. The molecule has 0 bridgehead atoms. The maximum absolute atomic E-state index is 12.5. The van der Waals surface area contributed by atoms with Gasteiger partial charge in [-0.3, -0.25) is 9.59 Å². The van der Waals surface area contributed by atoms with E-state index in [-0.39, 0.29) is 18.5 Å². The predicted octanol–water partition coefficient (Wildman–Crippen LogP) is 23.5. The molecule has 0 fully saturated rings. The van der Waals surface area contributed by atoms with Crippen LogP contribution in [0, 0.1) is 0 Å². The summed E-state index contributed by atoms with van der Waals surface area (Å²) in [7, 11) is 0. The fourth-order valence-corrected chi connectivity index (χ4v) is 11.3. The monoisotopic (exact) mass is 1120 g/mol. The van der Waals surface area contributed by atoms with Crippen molar-refractivity contribution in [3.05, 3.63) is 36.5 Å². The summed E-state index contributed by atoms with van der Waals surface area (Å²) in [6.07, 6.45) is 89.5. The van der Waals surface area contributed by atoms with Crippen LogP contribution in [0.15, 0.2) is 36.5 Å². The van der Waals surface area contributed by atoms with Crippen molar-refractivity contribution in [3.63, 3.8) is 0 Å². The van der Waals surface area contributed by atoms with E-state index in [1.807, 2.05) is 6.08 Å². The number of esters is 1. The van der Waals surface area contributed by atoms with E-state index in [1.165, 1.54) is 327 Å². The highest BCUT2D eigenvalue weighted by Crippen LogP contribution is 2.18. The van der Waals surface area contributed by atoms with Crippen LogP contribution < -0.4 is 5.32 Å². The number of amides is 1. The van der Waals surface area contributed by atoms with Gasteiger partial charge in [0, 0.05) is 12.8 Å². The van der Waals surface area contributed by atoms with E-state index >= 15 is 0 Å². The molecule has 0 spiro atoms. The second-order valence-electron chi connectivity index (χ2n) is 24.9. The first-order valence-corrected chi connectivity index (χ1v) is 36.3. The van der Waals surface area contributed by atoms with Gasteiger partial charge in [0.05, 0.1) is 25.4 Å². The first-order chi connectivity index (χ1) is 39.5. The third kappa shape index (κ3) is 65.2. The molecule has 2 atom stereocenters. The summed E-state index contributed by atoms with van der Waals surface area (Å²) < 4.78 is 5.49. The van der Waals surface area contributed by atoms with Crippen molar-refractivity contribution >= 4 is 11.9 Å². The molecule has 6 nitrogen and oxygen atoms in total. The number of aliphatic hydroxyl groups is 2. The Hall–Kier alpha value is -1.92. The minimum atomic E-state index is -0.844. The minimum absolute atomic E-state index is 0.00931. The largest absolute Gasteiger partial charge is 0.466 e. The normalized spacial score (nSPS) is 12.7. The molecule has 0 radical (unpaired) electrons. The standard InChI is InChI=1S/C74H141NO5/c1-3-5-7-9-11-13-15-17-19-20-35-39-42-46-50-54-58-62-66-72(77)71(70-76)75-73(78)67-63-59-55-51-47-43-40-36-33-31-29-27-25-23-21-22-24-26-28-30-32-34-37-41-45-49-53-57-61-65-69-80-74(79)68-64-60-56-52-48-44-38-18-16-14-12-10-8-6-4-2/h18,22,24,38,62,66,71-72,76-77H,3-17,19-21,23,25-37,39-61,63-65,67-70H2,1-2H3,(H,75,78)/b24-22-,38-18-,66-62+. The number of ether oxygens (including phenoxy) is 1. The lowest BCUT2D eigenvalue weighted by Gasteiger charge is -2.20. The second-order valence-corrected chi connectivity index (χ2v) is 24.9. The Bertz CT molecular complexity index is 1300. The maximum atomic E-state index is 12.5. The molecule has 0 aliphatic rings. The number of allylic oxidation sites excluding steroid dienone is 5. The van der Waals surface area contributed by atoms with Crippen LogP contribution in [0.4, 0.5) is 0 Å². The van der Waals surface area contributed by atoms with Gasteiger partial charge >= 0.3 is 5.97 Å². The van der Waals surface area contributed by atoms with Crippen molar-refractivity contribution in [2.24, 2.45) is 0 Å². The fraction of sp³-hybridized carbons (Fsp3) is 0.892. The van der Waals surface area contributed by atoms with Gasteiger partial charge in [0.1, 0.15) is 0 Å². The summed E-state index contributed by atoms with van der Waals surface area (Å²) in [4.78, 5) is 24.6. The lowest BCUT2D eigenvalue weighted by Crippen LogP contribution is -2.45. The molecule has 472 valence electrons. The van der Waals surface area contributed by atoms with Crippen molar-refractivity contribution < 1.29 is 24.5 Å². The summed E-state index contributed by atoms with van der Waals surface area (Å²) in [5, 5.41) is 23.2. The molecule has 0 aromatic heterocycles. The van der Waals surface area contributed by atoms with E-state index in [4.69, 9.17) is 4.74 Å². The SMILES string of the molecule is CCCCCCCC/C=C\CCCCCCCC(=O)OCCCCCCCCCCCCCC/C=C\CCCCCCCCCCCCCCCCC(=O)NC(CO)C(O)/C=C/CCCCCCCCCCCCCCCCCC. The van der Waals surface area contributed by atoms with Gasteiger partial charge in [0.25, 0.3) is 0 Å². The van der Waals surface area contributed by atoms with Crippen molar-refractivity contribution in [2.75, 3.05) is 13.2 Å². The summed E-state index contributed by atoms with van der Waals surface area (Å²) in [5.41, 5.74) is 0. The molecule has 1 amide bonds. The molecule has 0 aliphatic carbocycles. The first kappa shape index (κ1) is 78.1. The topological polar surface area (TPSA) is 95.9 Å². The van der Waals surface area contributed by atoms with Crippen LogP contribution in [0.5, 0.6) is 0 Å². The Kier molecular flexibility index (Phi) is 67.9. The molecule has 0 rings (SSSR count). The molecule has 2 unspecified atom stereocenters. The molecule has 0 aliphatic heterocycles. The zero-order chi connectivity index (χ0) is 57.8. The van der Waals surface area contributed by atoms with E-state index in [2.05, 4.69) is 43.5 Å². The first-order valence-electron chi connectivity index (χ1n) is 36.3. The highest BCUT2D eigenvalue weighted by atomic mass is 16.5. The quantitative estimate of drug-likeness (QED) is 0.0320. The lowest BCUT2D eigenvalue weighted by atomic mass is 10.0. The summed E-state index contributed by atoms with van der Waals surface area (Å²) >= 11 is 0. The fourth-order valence-electron chi connectivity index (χ4n) is 11.3. The number of rotatable bonds is 68. The van der Waals surface area contributed by atoms with Crippen LogP contribution in [0.2, 0.25) is 0 Å². The molecule has 6 heteroatoms. The molecule has 3 N–H and O–H groups in total. The van der Waals surface area contributed by atoms with Crippen molar-refractivity contribution in [2.45, 2.75) is 411 Å². The Balaban J connectivity index is 3.39. The molecular formula is C74H141NO5. The highest BCUT2D eigenvalue weighted by molar-refractivity contribution is 5.76. The van der Waals surface area contributed by atoms with Gasteiger partial charge in [-0.05, 0) is 83.5 Å². The average molecular weight is 1120 g/mol. The van der Waals surface area contributed by atoms with Gasteiger partial charge < -0.3 is 20.3 Å². The molecule has 0 saturated heterocycles. The molecule has 0 saturated carbocycles. The number of carbonyl (C=O) groups excluding carboxylic acids is 2. The predicted molar refractivity (Wildman–Crippen MR) is 352 cm³/mol. The van der Waals surface area contributed by atoms with Crippen LogP contribution in [-0.2, 0) is 14.3 Å². The number of aliphatic hydroxyl groups excluding tert-OH is 2. The van der Waals surface area contributed by atoms with Crippen LogP contribution in [0.25, 0.3) is 0 Å². The zero-order valence-corrected chi connectivity index (χ0v) is 54.1. The molecular weight excluding hydrogens is 983 g/mol. The van der Waals surface area contributed by atoms with Crippen LogP contribution in [0.3, 0.4) is 0 Å². The van der Waals surface area contributed by atoms with Gasteiger partial charge in [0.15, 0.2) is 0 Å². The smallest absolute Gasteiger partial charge is 0.305 e. The molecule has 0 aromatic carbocycles. The second kappa shape index (κ2) is 69.6. The zero-order valence-electron chi connectivity index (χ0n) is 54.1. The Morgan fingerprint density at radius 1 is 0.338 bits per heavy atom. The van der Waals surface area contributed by atoms with Gasteiger partial charge in [-0.25, -0.2) is 0 Å². The number of carbonyl (C=O) groups is 2. The van der Waals surface area contributed by atoms with Gasteiger partial charge in [-0.2, -0.15) is 0 Å². The Labute approximate surface area is 500 Å². The third-order valence-electron chi connectivity index (χ3n) is 16.9.